The van der Waals surface area contributed by atoms with Crippen LogP contribution >= 0.6 is 0 Å². The summed E-state index contributed by atoms with van der Waals surface area (Å²) in [6.07, 6.45) is 9.09. The minimum absolute atomic E-state index is 0.312. The first kappa shape index (κ1) is 17.8. The summed E-state index contributed by atoms with van der Waals surface area (Å²) in [5, 5.41) is 6.77. The fourth-order valence-electron chi connectivity index (χ4n) is 2.48. The van der Waals surface area contributed by atoms with Crippen LogP contribution in [0.5, 0.6) is 0 Å². The van der Waals surface area contributed by atoms with E-state index in [1.54, 1.807) is 12.4 Å². The highest BCUT2D eigenvalue weighted by Gasteiger charge is 2.08. The first-order valence-electron chi connectivity index (χ1n) is 8.93. The molecule has 3 rings (SSSR count). The molecular formula is C20H24N6. The molecule has 3 aromatic rings. The molecule has 0 fully saturated rings. The highest BCUT2D eigenvalue weighted by molar-refractivity contribution is 5.63. The third kappa shape index (κ3) is 4.99. The van der Waals surface area contributed by atoms with Gasteiger partial charge in [0.2, 0.25) is 5.95 Å². The van der Waals surface area contributed by atoms with Gasteiger partial charge in [-0.25, -0.2) is 4.98 Å². The predicted octanol–water partition coefficient (Wildman–Crippen LogP) is 3.80. The van der Waals surface area contributed by atoms with Gasteiger partial charge in [0, 0.05) is 49.0 Å². The Balaban J connectivity index is 1.77. The van der Waals surface area contributed by atoms with Crippen LogP contribution in [0.1, 0.15) is 25.8 Å². The summed E-state index contributed by atoms with van der Waals surface area (Å²) in [6, 6.07) is 10.3. The normalized spacial score (nSPS) is 11.8. The topological polar surface area (TPSA) is 75.6 Å². The second-order valence-electron chi connectivity index (χ2n) is 6.18. The van der Waals surface area contributed by atoms with Crippen molar-refractivity contribution in [2.45, 2.75) is 32.7 Å². The molecule has 0 aliphatic rings. The van der Waals surface area contributed by atoms with Crippen LogP contribution in [0.4, 0.5) is 11.8 Å². The van der Waals surface area contributed by atoms with Gasteiger partial charge in [-0.3, -0.25) is 9.97 Å². The fourth-order valence-corrected chi connectivity index (χ4v) is 2.48. The number of nitrogens with zero attached hydrogens (tertiary/aromatic N) is 4. The van der Waals surface area contributed by atoms with Gasteiger partial charge in [-0.2, -0.15) is 4.98 Å². The van der Waals surface area contributed by atoms with Gasteiger partial charge in [-0.05, 0) is 49.6 Å². The molecule has 0 saturated carbocycles. The predicted molar refractivity (Wildman–Crippen MR) is 105 cm³/mol. The highest BCUT2D eigenvalue weighted by atomic mass is 15.2. The molecule has 0 aliphatic carbocycles. The third-order valence-electron chi connectivity index (χ3n) is 4.16. The van der Waals surface area contributed by atoms with Crippen LogP contribution in [-0.2, 0) is 6.42 Å². The van der Waals surface area contributed by atoms with E-state index in [2.05, 4.69) is 44.4 Å². The van der Waals surface area contributed by atoms with Crippen molar-refractivity contribution in [1.82, 2.24) is 19.9 Å². The number of hydrogen-bond donors (Lipinski definition) is 2. The van der Waals surface area contributed by atoms with Crippen molar-refractivity contribution >= 4 is 11.8 Å². The molecule has 26 heavy (non-hydrogen) atoms. The van der Waals surface area contributed by atoms with Crippen molar-refractivity contribution in [2.24, 2.45) is 0 Å². The minimum Gasteiger partial charge on any atom is -0.370 e. The number of anilines is 2. The van der Waals surface area contributed by atoms with Crippen LogP contribution in [-0.4, -0.2) is 32.5 Å². The molecule has 6 heteroatoms. The number of nitrogens with one attached hydrogen (secondary N) is 2. The Bertz CT molecular complexity index is 807. The van der Waals surface area contributed by atoms with Gasteiger partial charge in [0.25, 0.3) is 0 Å². The lowest BCUT2D eigenvalue weighted by Crippen LogP contribution is -2.17. The van der Waals surface area contributed by atoms with Gasteiger partial charge in [0.15, 0.2) is 0 Å². The number of hydrogen-bond acceptors (Lipinski definition) is 6. The van der Waals surface area contributed by atoms with E-state index in [4.69, 9.17) is 0 Å². The molecular weight excluding hydrogens is 324 g/mol. The van der Waals surface area contributed by atoms with Crippen molar-refractivity contribution in [3.05, 3.63) is 60.7 Å². The van der Waals surface area contributed by atoms with E-state index in [1.807, 2.05) is 42.7 Å². The Kier molecular flexibility index (Phi) is 6.09. The quantitative estimate of drug-likeness (QED) is 0.645. The molecule has 0 spiro atoms. The Morgan fingerprint density at radius 2 is 1.65 bits per heavy atom. The second-order valence-corrected chi connectivity index (χ2v) is 6.18. The molecule has 0 saturated heterocycles. The summed E-state index contributed by atoms with van der Waals surface area (Å²) in [5.74, 6) is 1.45. The van der Waals surface area contributed by atoms with Crippen LogP contribution in [0.15, 0.2) is 55.1 Å². The van der Waals surface area contributed by atoms with E-state index in [-0.39, 0.29) is 0 Å². The number of aromatic nitrogens is 4. The van der Waals surface area contributed by atoms with Gasteiger partial charge < -0.3 is 10.6 Å². The zero-order chi connectivity index (χ0) is 18.2. The molecule has 0 radical (unpaired) electrons. The highest BCUT2D eigenvalue weighted by Crippen LogP contribution is 2.21. The van der Waals surface area contributed by atoms with E-state index in [9.17, 15) is 0 Å². The number of rotatable bonds is 8. The van der Waals surface area contributed by atoms with E-state index < -0.39 is 0 Å². The SMILES string of the molecule is CC[C@@H](C)Nc1nc(NCCc2ccncc2)cc(-c2ccncc2)n1. The van der Waals surface area contributed by atoms with E-state index in [0.717, 1.165) is 36.5 Å². The maximum atomic E-state index is 4.66. The fraction of sp³-hybridized carbons (Fsp3) is 0.300. The van der Waals surface area contributed by atoms with Crippen molar-refractivity contribution in [1.29, 1.82) is 0 Å². The minimum atomic E-state index is 0.312. The molecule has 134 valence electrons. The summed E-state index contributed by atoms with van der Waals surface area (Å²) < 4.78 is 0. The van der Waals surface area contributed by atoms with Gasteiger partial charge >= 0.3 is 0 Å². The second kappa shape index (κ2) is 8.89. The molecule has 2 N–H and O–H groups in total. The number of pyridine rings is 2. The van der Waals surface area contributed by atoms with Crippen molar-refractivity contribution in [2.75, 3.05) is 17.2 Å². The first-order valence-corrected chi connectivity index (χ1v) is 8.93. The van der Waals surface area contributed by atoms with Crippen LogP contribution in [0.25, 0.3) is 11.3 Å². The molecule has 1 atom stereocenters. The lowest BCUT2D eigenvalue weighted by molar-refractivity contribution is 0.753. The van der Waals surface area contributed by atoms with Crippen LogP contribution in [0.3, 0.4) is 0 Å². The van der Waals surface area contributed by atoms with Crippen LogP contribution in [0.2, 0.25) is 0 Å². The maximum Gasteiger partial charge on any atom is 0.225 e. The molecule has 0 bridgehead atoms. The lowest BCUT2D eigenvalue weighted by Gasteiger charge is -2.14. The maximum absolute atomic E-state index is 4.66. The molecule has 0 unspecified atom stereocenters. The Labute approximate surface area is 154 Å². The molecule has 0 amide bonds. The molecule has 6 nitrogen and oxygen atoms in total. The van der Waals surface area contributed by atoms with Gasteiger partial charge in [-0.1, -0.05) is 6.92 Å². The molecule has 0 aromatic carbocycles. The summed E-state index contributed by atoms with van der Waals surface area (Å²) in [7, 11) is 0. The van der Waals surface area contributed by atoms with E-state index >= 15 is 0 Å². The summed E-state index contributed by atoms with van der Waals surface area (Å²) in [6.45, 7) is 5.05. The summed E-state index contributed by atoms with van der Waals surface area (Å²) >= 11 is 0. The Hall–Kier alpha value is -3.02. The van der Waals surface area contributed by atoms with Gasteiger partial charge in [0.1, 0.15) is 5.82 Å². The largest absolute Gasteiger partial charge is 0.370 e. The molecule has 0 aliphatic heterocycles. The monoisotopic (exact) mass is 348 g/mol. The van der Waals surface area contributed by atoms with E-state index in [1.165, 1.54) is 5.56 Å². The zero-order valence-corrected chi connectivity index (χ0v) is 15.2. The van der Waals surface area contributed by atoms with Crippen molar-refractivity contribution in [3.8, 4) is 11.3 Å². The van der Waals surface area contributed by atoms with Crippen LogP contribution in [0, 0.1) is 0 Å². The summed E-state index contributed by atoms with van der Waals surface area (Å²) in [5.41, 5.74) is 3.14. The van der Waals surface area contributed by atoms with E-state index in [0.29, 0.717) is 12.0 Å². The lowest BCUT2D eigenvalue weighted by atomic mass is 10.2. The Morgan fingerprint density at radius 3 is 2.35 bits per heavy atom. The van der Waals surface area contributed by atoms with Crippen molar-refractivity contribution < 1.29 is 0 Å². The zero-order valence-electron chi connectivity index (χ0n) is 15.2. The Morgan fingerprint density at radius 1 is 0.962 bits per heavy atom. The molecule has 3 heterocycles. The summed E-state index contributed by atoms with van der Waals surface area (Å²) in [4.78, 5) is 17.4. The van der Waals surface area contributed by atoms with Gasteiger partial charge in [0.05, 0.1) is 5.69 Å². The average molecular weight is 348 g/mol. The standard InChI is InChI=1S/C20H24N6/c1-3-15(2)24-20-25-18(17-7-11-22-12-8-17)14-19(26-20)23-13-6-16-4-9-21-10-5-16/h4-5,7-12,14-15H,3,6,13H2,1-2H3,(H2,23,24,25,26)/t15-/m1/s1. The molecule has 3 aromatic heterocycles. The third-order valence-corrected chi connectivity index (χ3v) is 4.16. The first-order chi connectivity index (χ1) is 12.7. The smallest absolute Gasteiger partial charge is 0.225 e. The van der Waals surface area contributed by atoms with Gasteiger partial charge in [-0.15, -0.1) is 0 Å². The average Bonchev–Trinajstić information content (AvgIpc) is 2.69. The van der Waals surface area contributed by atoms with Crippen molar-refractivity contribution in [3.63, 3.8) is 0 Å². The van der Waals surface area contributed by atoms with Crippen LogP contribution < -0.4 is 10.6 Å².